The van der Waals surface area contributed by atoms with E-state index < -0.39 is 9.84 Å². The second kappa shape index (κ2) is 7.37. The molecule has 3 aromatic rings. The van der Waals surface area contributed by atoms with Crippen LogP contribution in [0.15, 0.2) is 59.5 Å². The third-order valence-electron chi connectivity index (χ3n) is 5.56. The van der Waals surface area contributed by atoms with E-state index in [1.54, 1.807) is 27.8 Å². The van der Waals surface area contributed by atoms with Gasteiger partial charge in [0, 0.05) is 24.2 Å². The Morgan fingerprint density at radius 1 is 1.00 bits per heavy atom. The van der Waals surface area contributed by atoms with Crippen LogP contribution in [0.1, 0.15) is 11.3 Å². The molecule has 1 aromatic heterocycles. The minimum atomic E-state index is -3.51. The van der Waals surface area contributed by atoms with E-state index in [0.29, 0.717) is 48.0 Å². The molecule has 154 valence electrons. The first-order valence-corrected chi connectivity index (χ1v) is 11.5. The zero-order chi connectivity index (χ0) is 20.7. The van der Waals surface area contributed by atoms with Gasteiger partial charge in [-0.2, -0.15) is 5.10 Å². The number of aromatic nitrogens is 2. The van der Waals surface area contributed by atoms with Crippen LogP contribution < -0.4 is 0 Å². The van der Waals surface area contributed by atoms with Crippen molar-refractivity contribution in [2.45, 2.75) is 17.1 Å². The van der Waals surface area contributed by atoms with E-state index in [2.05, 4.69) is 0 Å². The molecule has 0 N–H and O–H groups in total. The maximum Gasteiger partial charge on any atom is 0.228 e. The van der Waals surface area contributed by atoms with Gasteiger partial charge in [0.25, 0.3) is 0 Å². The van der Waals surface area contributed by atoms with Crippen molar-refractivity contribution >= 4 is 15.7 Å². The Morgan fingerprint density at radius 3 is 2.47 bits per heavy atom. The van der Waals surface area contributed by atoms with Crippen LogP contribution in [0.25, 0.3) is 16.9 Å². The van der Waals surface area contributed by atoms with Gasteiger partial charge in [0.2, 0.25) is 5.91 Å². The third kappa shape index (κ3) is 3.22. The number of sulfone groups is 1. The molecule has 8 heteroatoms. The van der Waals surface area contributed by atoms with Gasteiger partial charge < -0.3 is 9.64 Å². The first-order valence-electron chi connectivity index (χ1n) is 9.88. The lowest BCUT2D eigenvalue weighted by Gasteiger charge is -2.26. The van der Waals surface area contributed by atoms with Gasteiger partial charge in [-0.3, -0.25) is 4.79 Å². The van der Waals surface area contributed by atoms with E-state index in [9.17, 15) is 13.2 Å². The number of carbonyl (C=O) groups excluding carboxylic acids is 1. The molecule has 0 aliphatic carbocycles. The molecule has 1 amide bonds. The first-order chi connectivity index (χ1) is 14.5. The van der Waals surface area contributed by atoms with Gasteiger partial charge in [-0.25, -0.2) is 13.1 Å². The molecule has 7 nitrogen and oxygen atoms in total. The van der Waals surface area contributed by atoms with Crippen molar-refractivity contribution in [2.24, 2.45) is 0 Å². The van der Waals surface area contributed by atoms with Gasteiger partial charge in [-0.05, 0) is 18.2 Å². The highest BCUT2D eigenvalue weighted by Crippen LogP contribution is 2.40. The van der Waals surface area contributed by atoms with Gasteiger partial charge in [-0.1, -0.05) is 36.4 Å². The number of para-hydroxylation sites is 1. The molecule has 2 aliphatic rings. The van der Waals surface area contributed by atoms with E-state index in [0.717, 1.165) is 11.4 Å². The minimum Gasteiger partial charge on any atom is -0.378 e. The summed E-state index contributed by atoms with van der Waals surface area (Å²) < 4.78 is 33.0. The van der Waals surface area contributed by atoms with Crippen molar-refractivity contribution in [1.29, 1.82) is 0 Å². The third-order valence-corrected chi connectivity index (χ3v) is 7.26. The molecule has 1 fully saturated rings. The summed E-state index contributed by atoms with van der Waals surface area (Å²) in [6.45, 7) is 2.12. The van der Waals surface area contributed by atoms with Crippen molar-refractivity contribution in [2.75, 3.05) is 26.3 Å². The fourth-order valence-corrected chi connectivity index (χ4v) is 5.72. The van der Waals surface area contributed by atoms with Gasteiger partial charge in [0.05, 0.1) is 47.4 Å². The Morgan fingerprint density at radius 2 is 1.70 bits per heavy atom. The standard InChI is InChI=1S/C22H21N3O4S/c26-21(24-10-12-29-13-11-24)14-19-18-15-30(27,28)20-9-5-4-8-17(20)22(18)25(23-19)16-6-2-1-3-7-16/h1-9H,10-15H2. The Hall–Kier alpha value is -2.97. The van der Waals surface area contributed by atoms with Crippen LogP contribution in [0.2, 0.25) is 0 Å². The number of morpholine rings is 1. The molecule has 3 heterocycles. The van der Waals surface area contributed by atoms with Crippen molar-refractivity contribution in [3.05, 3.63) is 65.9 Å². The average Bonchev–Trinajstić information content (AvgIpc) is 3.12. The number of nitrogens with zero attached hydrogens (tertiary/aromatic N) is 3. The average molecular weight is 423 g/mol. The molecule has 2 aromatic carbocycles. The second-order valence-corrected chi connectivity index (χ2v) is 9.40. The predicted molar refractivity (Wildman–Crippen MR) is 111 cm³/mol. The molecule has 0 spiro atoms. The van der Waals surface area contributed by atoms with Crippen LogP contribution in [0.3, 0.4) is 0 Å². The Bertz CT molecular complexity index is 1210. The summed E-state index contributed by atoms with van der Waals surface area (Å²) in [5.41, 5.74) is 3.33. The van der Waals surface area contributed by atoms with E-state index in [-0.39, 0.29) is 18.1 Å². The lowest BCUT2D eigenvalue weighted by atomic mass is 10.0. The number of carbonyl (C=O) groups is 1. The summed E-state index contributed by atoms with van der Waals surface area (Å²) in [5, 5.41) is 4.73. The fraction of sp³-hybridized carbons (Fsp3) is 0.273. The predicted octanol–water partition coefficient (Wildman–Crippen LogP) is 2.23. The molecule has 0 unspecified atom stereocenters. The highest BCUT2D eigenvalue weighted by Gasteiger charge is 2.34. The number of fused-ring (bicyclic) bond motifs is 3. The summed E-state index contributed by atoms with van der Waals surface area (Å²) in [6.07, 6.45) is 0.0693. The van der Waals surface area contributed by atoms with E-state index >= 15 is 0 Å². The van der Waals surface area contributed by atoms with Gasteiger partial charge >= 0.3 is 0 Å². The van der Waals surface area contributed by atoms with Crippen molar-refractivity contribution < 1.29 is 17.9 Å². The van der Waals surface area contributed by atoms with Gasteiger partial charge in [-0.15, -0.1) is 0 Å². The summed E-state index contributed by atoms with van der Waals surface area (Å²) in [4.78, 5) is 14.9. The molecular weight excluding hydrogens is 402 g/mol. The maximum atomic E-state index is 13.0. The second-order valence-electron chi connectivity index (χ2n) is 7.45. The number of hydrogen-bond donors (Lipinski definition) is 0. The SMILES string of the molecule is O=C(Cc1nn(-c2ccccc2)c2c1CS(=O)(=O)c1ccccc1-2)N1CCOCC1. The van der Waals surface area contributed by atoms with Crippen LogP contribution >= 0.6 is 0 Å². The van der Waals surface area contributed by atoms with Crippen molar-refractivity contribution in [3.8, 4) is 16.9 Å². The highest BCUT2D eigenvalue weighted by molar-refractivity contribution is 7.90. The quantitative estimate of drug-likeness (QED) is 0.645. The molecule has 5 rings (SSSR count). The Balaban J connectivity index is 1.65. The minimum absolute atomic E-state index is 0.0601. The van der Waals surface area contributed by atoms with Gasteiger partial charge in [0.1, 0.15) is 0 Å². The van der Waals surface area contributed by atoms with Crippen molar-refractivity contribution in [1.82, 2.24) is 14.7 Å². The van der Waals surface area contributed by atoms with Crippen LogP contribution in [0.4, 0.5) is 0 Å². The molecule has 0 radical (unpaired) electrons. The van der Waals surface area contributed by atoms with E-state index in [1.807, 2.05) is 36.4 Å². The number of rotatable bonds is 3. The topological polar surface area (TPSA) is 81.5 Å². The summed E-state index contributed by atoms with van der Waals surface area (Å²) in [7, 11) is -3.51. The molecule has 0 atom stereocenters. The number of amides is 1. The summed E-state index contributed by atoms with van der Waals surface area (Å²) >= 11 is 0. The molecular formula is C22H21N3O4S. The maximum absolute atomic E-state index is 13.0. The normalized spacial score (nSPS) is 17.3. The van der Waals surface area contributed by atoms with Gasteiger partial charge in [0.15, 0.2) is 9.84 Å². The molecule has 2 aliphatic heterocycles. The summed E-state index contributed by atoms with van der Waals surface area (Å²) in [5.74, 6) is -0.215. The van der Waals surface area contributed by atoms with Crippen LogP contribution in [-0.4, -0.2) is 55.3 Å². The zero-order valence-corrected chi connectivity index (χ0v) is 17.1. The molecule has 0 bridgehead atoms. The van der Waals surface area contributed by atoms with Crippen LogP contribution in [-0.2, 0) is 31.5 Å². The van der Waals surface area contributed by atoms with Crippen LogP contribution in [0, 0.1) is 0 Å². The lowest BCUT2D eigenvalue weighted by Crippen LogP contribution is -2.41. The smallest absolute Gasteiger partial charge is 0.228 e. The molecule has 1 saturated heterocycles. The molecule has 0 saturated carbocycles. The number of hydrogen-bond acceptors (Lipinski definition) is 5. The number of benzene rings is 2. The first kappa shape index (κ1) is 19.0. The largest absolute Gasteiger partial charge is 0.378 e. The molecule has 30 heavy (non-hydrogen) atoms. The van der Waals surface area contributed by atoms with E-state index in [1.165, 1.54) is 0 Å². The summed E-state index contributed by atoms with van der Waals surface area (Å²) in [6, 6.07) is 16.6. The van der Waals surface area contributed by atoms with E-state index in [4.69, 9.17) is 9.84 Å². The highest BCUT2D eigenvalue weighted by atomic mass is 32.2. The van der Waals surface area contributed by atoms with Crippen molar-refractivity contribution in [3.63, 3.8) is 0 Å². The van der Waals surface area contributed by atoms with Crippen LogP contribution in [0.5, 0.6) is 0 Å². The number of ether oxygens (including phenoxy) is 1. The fourth-order valence-electron chi connectivity index (χ4n) is 4.09. The Kier molecular flexibility index (Phi) is 4.67. The zero-order valence-electron chi connectivity index (χ0n) is 16.3. The lowest BCUT2D eigenvalue weighted by molar-refractivity contribution is -0.134. The Labute approximate surface area is 174 Å². The monoisotopic (exact) mass is 423 g/mol.